The molecule has 0 unspecified atom stereocenters. The molecule has 1 aliphatic rings. The van der Waals surface area contributed by atoms with Crippen LogP contribution in [0.2, 0.25) is 0 Å². The number of benzene rings is 1. The molecule has 4 N–H and O–H groups in total. The first-order valence-electron chi connectivity index (χ1n) is 5.97. The van der Waals surface area contributed by atoms with Crippen LogP contribution in [-0.4, -0.2) is 25.4 Å². The van der Waals surface area contributed by atoms with Crippen LogP contribution in [0.4, 0.5) is 11.4 Å². The lowest BCUT2D eigenvalue weighted by atomic mass is 10.0. The van der Waals surface area contributed by atoms with E-state index >= 15 is 0 Å². The van der Waals surface area contributed by atoms with Gasteiger partial charge in [-0.3, -0.25) is 0 Å². The molecule has 17 heavy (non-hydrogen) atoms. The summed E-state index contributed by atoms with van der Waals surface area (Å²) in [6.07, 6.45) is 3.28. The molecule has 4 heteroatoms. The summed E-state index contributed by atoms with van der Waals surface area (Å²) in [5.41, 5.74) is 7.73. The molecule has 2 rings (SSSR count). The maximum absolute atomic E-state index is 8.99. The molecule has 1 aliphatic carbocycles. The lowest BCUT2D eigenvalue weighted by Crippen LogP contribution is -2.16. The van der Waals surface area contributed by atoms with Crippen LogP contribution in [0.15, 0.2) is 18.2 Å². The highest BCUT2D eigenvalue weighted by atomic mass is 16.5. The molecule has 1 aromatic carbocycles. The third-order valence-corrected chi connectivity index (χ3v) is 3.50. The van der Waals surface area contributed by atoms with Gasteiger partial charge in [0.2, 0.25) is 0 Å². The van der Waals surface area contributed by atoms with E-state index < -0.39 is 0 Å². The summed E-state index contributed by atoms with van der Waals surface area (Å²) in [7, 11) is 1.61. The average Bonchev–Trinajstić information content (AvgIpc) is 3.09. The van der Waals surface area contributed by atoms with E-state index in [4.69, 9.17) is 15.6 Å². The molecule has 0 saturated heterocycles. The van der Waals surface area contributed by atoms with Crippen molar-refractivity contribution in [3.05, 3.63) is 18.2 Å². The molecule has 0 heterocycles. The predicted molar refractivity (Wildman–Crippen MR) is 69.3 cm³/mol. The molecule has 4 nitrogen and oxygen atoms in total. The Morgan fingerprint density at radius 2 is 2.24 bits per heavy atom. The van der Waals surface area contributed by atoms with Gasteiger partial charge in [-0.15, -0.1) is 0 Å². The van der Waals surface area contributed by atoms with Crippen LogP contribution < -0.4 is 15.8 Å². The quantitative estimate of drug-likeness (QED) is 0.659. The Balaban J connectivity index is 1.95. The fourth-order valence-electron chi connectivity index (χ4n) is 2.04. The summed E-state index contributed by atoms with van der Waals surface area (Å²) in [4.78, 5) is 0. The molecule has 0 aliphatic heterocycles. The van der Waals surface area contributed by atoms with Gasteiger partial charge in [0.15, 0.2) is 0 Å². The van der Waals surface area contributed by atoms with Crippen LogP contribution in [0.1, 0.15) is 19.3 Å². The largest absolute Gasteiger partial charge is 0.495 e. The van der Waals surface area contributed by atoms with Crippen molar-refractivity contribution in [1.82, 2.24) is 0 Å². The van der Waals surface area contributed by atoms with Crippen molar-refractivity contribution in [2.24, 2.45) is 5.41 Å². The van der Waals surface area contributed by atoms with Gasteiger partial charge in [-0.2, -0.15) is 0 Å². The van der Waals surface area contributed by atoms with E-state index in [0.717, 1.165) is 18.7 Å². The Bertz CT molecular complexity index is 389. The van der Waals surface area contributed by atoms with Crippen molar-refractivity contribution >= 4 is 11.4 Å². The Morgan fingerprint density at radius 3 is 2.82 bits per heavy atom. The Labute approximate surface area is 102 Å². The number of aliphatic hydroxyl groups excluding tert-OH is 1. The molecule has 1 aromatic rings. The molecule has 0 radical (unpaired) electrons. The Morgan fingerprint density at radius 1 is 1.47 bits per heavy atom. The second-order valence-electron chi connectivity index (χ2n) is 4.78. The summed E-state index contributed by atoms with van der Waals surface area (Å²) in [5, 5.41) is 12.4. The summed E-state index contributed by atoms with van der Waals surface area (Å²) < 4.78 is 5.18. The van der Waals surface area contributed by atoms with Gasteiger partial charge < -0.3 is 20.9 Å². The first kappa shape index (κ1) is 12.0. The molecule has 1 saturated carbocycles. The number of aliphatic hydroxyl groups is 1. The predicted octanol–water partition coefficient (Wildman–Crippen LogP) is 1.85. The van der Waals surface area contributed by atoms with Gasteiger partial charge in [-0.25, -0.2) is 0 Å². The lowest BCUT2D eigenvalue weighted by Gasteiger charge is -2.16. The molecular formula is C13H20N2O2. The standard InChI is InChI=1S/C13H20N2O2/c1-17-12-8-10(2-3-11(12)14)15-9-13(4-5-13)6-7-16/h2-3,8,15-16H,4-7,9,14H2,1H3. The SMILES string of the molecule is COc1cc(NCC2(CCO)CC2)ccc1N. The highest BCUT2D eigenvalue weighted by Crippen LogP contribution is 2.48. The van der Waals surface area contributed by atoms with E-state index in [1.807, 2.05) is 18.2 Å². The van der Waals surface area contributed by atoms with Crippen LogP contribution >= 0.6 is 0 Å². The molecule has 0 atom stereocenters. The monoisotopic (exact) mass is 236 g/mol. The van der Waals surface area contributed by atoms with E-state index in [1.165, 1.54) is 12.8 Å². The number of nitrogen functional groups attached to an aromatic ring is 1. The minimum Gasteiger partial charge on any atom is -0.495 e. The molecule has 0 aromatic heterocycles. The third-order valence-electron chi connectivity index (χ3n) is 3.50. The molecule has 0 spiro atoms. The van der Waals surface area contributed by atoms with Gasteiger partial charge in [-0.05, 0) is 36.8 Å². The van der Waals surface area contributed by atoms with E-state index in [-0.39, 0.29) is 6.61 Å². The van der Waals surface area contributed by atoms with Gasteiger partial charge in [0.1, 0.15) is 5.75 Å². The number of methoxy groups -OCH3 is 1. The summed E-state index contributed by atoms with van der Waals surface area (Å²) >= 11 is 0. The van der Waals surface area contributed by atoms with Crippen molar-refractivity contribution in [3.8, 4) is 5.75 Å². The Kier molecular flexibility index (Phi) is 3.43. The molecule has 0 amide bonds. The number of hydrogen-bond donors (Lipinski definition) is 3. The van der Waals surface area contributed by atoms with E-state index in [0.29, 0.717) is 16.9 Å². The van der Waals surface area contributed by atoms with Crippen LogP contribution in [0, 0.1) is 5.41 Å². The number of nitrogens with two attached hydrogens (primary N) is 1. The van der Waals surface area contributed by atoms with Crippen LogP contribution in [0.25, 0.3) is 0 Å². The number of hydrogen-bond acceptors (Lipinski definition) is 4. The van der Waals surface area contributed by atoms with E-state index in [1.54, 1.807) is 7.11 Å². The fourth-order valence-corrected chi connectivity index (χ4v) is 2.04. The topological polar surface area (TPSA) is 67.5 Å². The van der Waals surface area contributed by atoms with Gasteiger partial charge in [0.05, 0.1) is 12.8 Å². The maximum Gasteiger partial charge on any atom is 0.143 e. The molecular weight excluding hydrogens is 216 g/mol. The van der Waals surface area contributed by atoms with E-state index in [9.17, 15) is 0 Å². The number of rotatable bonds is 6. The number of nitrogens with one attached hydrogen (secondary N) is 1. The Hall–Kier alpha value is -1.42. The second-order valence-corrected chi connectivity index (χ2v) is 4.78. The minimum absolute atomic E-state index is 0.271. The zero-order chi connectivity index (χ0) is 12.3. The van der Waals surface area contributed by atoms with E-state index in [2.05, 4.69) is 5.32 Å². The second kappa shape index (κ2) is 4.84. The van der Waals surface area contributed by atoms with Gasteiger partial charge >= 0.3 is 0 Å². The summed E-state index contributed by atoms with van der Waals surface area (Å²) in [6.45, 7) is 1.17. The zero-order valence-corrected chi connectivity index (χ0v) is 10.2. The van der Waals surface area contributed by atoms with Gasteiger partial charge in [0.25, 0.3) is 0 Å². The van der Waals surface area contributed by atoms with Crippen molar-refractivity contribution in [2.75, 3.05) is 31.3 Å². The zero-order valence-electron chi connectivity index (χ0n) is 10.2. The average molecular weight is 236 g/mol. The first-order chi connectivity index (χ1) is 8.19. The van der Waals surface area contributed by atoms with Crippen molar-refractivity contribution in [2.45, 2.75) is 19.3 Å². The highest BCUT2D eigenvalue weighted by molar-refractivity contribution is 5.61. The van der Waals surface area contributed by atoms with Gasteiger partial charge in [0, 0.05) is 24.9 Å². The smallest absolute Gasteiger partial charge is 0.143 e. The fraction of sp³-hybridized carbons (Fsp3) is 0.538. The van der Waals surface area contributed by atoms with Crippen LogP contribution in [0.3, 0.4) is 0 Å². The van der Waals surface area contributed by atoms with Crippen molar-refractivity contribution in [3.63, 3.8) is 0 Å². The molecule has 94 valence electrons. The lowest BCUT2D eigenvalue weighted by molar-refractivity contribution is 0.253. The van der Waals surface area contributed by atoms with Crippen molar-refractivity contribution < 1.29 is 9.84 Å². The highest BCUT2D eigenvalue weighted by Gasteiger charge is 2.41. The number of ether oxygens (including phenoxy) is 1. The van der Waals surface area contributed by atoms with Gasteiger partial charge in [-0.1, -0.05) is 0 Å². The minimum atomic E-state index is 0.271. The third kappa shape index (κ3) is 2.82. The van der Waals surface area contributed by atoms with Crippen LogP contribution in [-0.2, 0) is 0 Å². The normalized spacial score (nSPS) is 16.6. The summed E-state index contributed by atoms with van der Waals surface area (Å²) in [6, 6.07) is 5.70. The summed E-state index contributed by atoms with van der Waals surface area (Å²) in [5.74, 6) is 0.696. The molecule has 0 bridgehead atoms. The molecule has 1 fully saturated rings. The number of anilines is 2. The van der Waals surface area contributed by atoms with Crippen molar-refractivity contribution in [1.29, 1.82) is 0 Å². The first-order valence-corrected chi connectivity index (χ1v) is 5.97. The maximum atomic E-state index is 8.99. The van der Waals surface area contributed by atoms with Crippen LogP contribution in [0.5, 0.6) is 5.75 Å².